The molecular formula is C14H19NO5. The molecule has 2 bridgehead atoms. The van der Waals surface area contributed by atoms with Crippen molar-refractivity contribution in [1.29, 1.82) is 0 Å². The fourth-order valence-corrected chi connectivity index (χ4v) is 3.93. The number of rotatable bonds is 2. The van der Waals surface area contributed by atoms with Crippen LogP contribution in [0.15, 0.2) is 24.4 Å². The molecule has 2 aliphatic heterocycles. The fraction of sp³-hybridized carbons (Fsp3) is 0.643. The van der Waals surface area contributed by atoms with Gasteiger partial charge in [-0.05, 0) is 6.92 Å². The van der Waals surface area contributed by atoms with Gasteiger partial charge in [-0.3, -0.25) is 9.63 Å². The number of fused-ring (bicyclic) bond motifs is 1. The SMILES string of the molecule is C=C1[C@@H]2O[C@H]3C[C@H](O)[C@@H](O)[C@]2(C(=O)N1OC)[C@H]3/C=C/C. The molecule has 6 heteroatoms. The summed E-state index contributed by atoms with van der Waals surface area (Å²) in [6, 6.07) is 0. The van der Waals surface area contributed by atoms with Crippen molar-refractivity contribution >= 4 is 5.91 Å². The first-order chi connectivity index (χ1) is 9.49. The van der Waals surface area contributed by atoms with Gasteiger partial charge in [0, 0.05) is 12.3 Å². The van der Waals surface area contributed by atoms with E-state index < -0.39 is 29.6 Å². The Bertz CT molecular complexity index is 490. The summed E-state index contributed by atoms with van der Waals surface area (Å²) in [5, 5.41) is 21.6. The lowest BCUT2D eigenvalue weighted by Gasteiger charge is -2.41. The van der Waals surface area contributed by atoms with Crippen LogP contribution in [-0.2, 0) is 14.4 Å². The Labute approximate surface area is 117 Å². The van der Waals surface area contributed by atoms with Crippen molar-refractivity contribution < 1.29 is 24.6 Å². The molecule has 0 unspecified atom stereocenters. The lowest BCUT2D eigenvalue weighted by Crippen LogP contribution is -2.58. The van der Waals surface area contributed by atoms with Crippen LogP contribution < -0.4 is 0 Å². The van der Waals surface area contributed by atoms with E-state index in [0.717, 1.165) is 5.06 Å². The minimum absolute atomic E-state index is 0.291. The maximum absolute atomic E-state index is 12.8. The van der Waals surface area contributed by atoms with Crippen LogP contribution in [0.5, 0.6) is 0 Å². The molecule has 1 amide bonds. The molecule has 0 aromatic rings. The van der Waals surface area contributed by atoms with E-state index in [-0.39, 0.29) is 12.0 Å². The molecule has 110 valence electrons. The molecule has 2 heterocycles. The molecule has 3 rings (SSSR count). The second kappa shape index (κ2) is 4.39. The van der Waals surface area contributed by atoms with Gasteiger partial charge in [0.25, 0.3) is 5.91 Å². The first-order valence-corrected chi connectivity index (χ1v) is 6.72. The minimum Gasteiger partial charge on any atom is -0.390 e. The predicted octanol–water partition coefficient (Wildman–Crippen LogP) is -0.0247. The van der Waals surface area contributed by atoms with Crippen molar-refractivity contribution in [2.75, 3.05) is 7.11 Å². The molecule has 1 aliphatic carbocycles. The number of amides is 1. The number of hydroxylamine groups is 2. The number of aliphatic hydroxyl groups excluding tert-OH is 2. The molecule has 1 spiro atoms. The van der Waals surface area contributed by atoms with E-state index in [9.17, 15) is 15.0 Å². The second-order valence-electron chi connectivity index (χ2n) is 5.56. The normalized spacial score (nSPS) is 47.4. The molecule has 2 N–H and O–H groups in total. The summed E-state index contributed by atoms with van der Waals surface area (Å²) >= 11 is 0. The van der Waals surface area contributed by atoms with Crippen molar-refractivity contribution in [3.63, 3.8) is 0 Å². The third-order valence-corrected chi connectivity index (χ3v) is 4.73. The van der Waals surface area contributed by atoms with Gasteiger partial charge in [0.1, 0.15) is 11.5 Å². The third-order valence-electron chi connectivity index (χ3n) is 4.73. The van der Waals surface area contributed by atoms with E-state index >= 15 is 0 Å². The number of hydrogen-bond donors (Lipinski definition) is 2. The molecule has 1 saturated carbocycles. The average Bonchev–Trinajstić information content (AvgIpc) is 2.78. The maximum Gasteiger partial charge on any atom is 0.263 e. The molecule has 0 radical (unpaired) electrons. The Hall–Kier alpha value is -1.21. The summed E-state index contributed by atoms with van der Waals surface area (Å²) in [5.41, 5.74) is -0.857. The van der Waals surface area contributed by atoms with Gasteiger partial charge in [-0.15, -0.1) is 0 Å². The molecule has 6 atom stereocenters. The summed E-state index contributed by atoms with van der Waals surface area (Å²) < 4.78 is 5.91. The maximum atomic E-state index is 12.8. The zero-order chi connectivity index (χ0) is 14.7. The van der Waals surface area contributed by atoms with Gasteiger partial charge in [-0.1, -0.05) is 18.7 Å². The fourth-order valence-electron chi connectivity index (χ4n) is 3.93. The standard InChI is InChI=1S/C14H19NO5/c1-4-5-8-10-6-9(16)11(17)14(8)12(20-10)7(2)15(19-3)13(14)18/h4-5,8-12,16-17H,2,6H2,1,3H3/b5-4+/t8-,9-,10-,11+,12-,14+/m0/s1. The van der Waals surface area contributed by atoms with Crippen LogP contribution in [0.1, 0.15) is 13.3 Å². The van der Waals surface area contributed by atoms with Crippen LogP contribution in [-0.4, -0.2) is 52.7 Å². The number of ether oxygens (including phenoxy) is 1. The summed E-state index contributed by atoms with van der Waals surface area (Å²) in [6.45, 7) is 5.70. The summed E-state index contributed by atoms with van der Waals surface area (Å²) in [4.78, 5) is 17.8. The van der Waals surface area contributed by atoms with Crippen LogP contribution in [0.25, 0.3) is 0 Å². The summed E-state index contributed by atoms with van der Waals surface area (Å²) in [7, 11) is 1.37. The van der Waals surface area contributed by atoms with Gasteiger partial charge in [-0.25, -0.2) is 0 Å². The Morgan fingerprint density at radius 3 is 2.85 bits per heavy atom. The smallest absolute Gasteiger partial charge is 0.263 e. The molecule has 3 aliphatic rings. The van der Waals surface area contributed by atoms with Gasteiger partial charge in [0.2, 0.25) is 0 Å². The van der Waals surface area contributed by atoms with E-state index in [0.29, 0.717) is 12.1 Å². The van der Waals surface area contributed by atoms with E-state index in [1.807, 2.05) is 19.1 Å². The zero-order valence-electron chi connectivity index (χ0n) is 11.5. The average molecular weight is 281 g/mol. The van der Waals surface area contributed by atoms with E-state index in [1.54, 1.807) is 0 Å². The molecular weight excluding hydrogens is 262 g/mol. The first-order valence-electron chi connectivity index (χ1n) is 6.72. The van der Waals surface area contributed by atoms with E-state index in [1.165, 1.54) is 7.11 Å². The Balaban J connectivity index is 2.16. The van der Waals surface area contributed by atoms with Crippen LogP contribution >= 0.6 is 0 Å². The van der Waals surface area contributed by atoms with Crippen molar-refractivity contribution in [3.8, 4) is 0 Å². The summed E-state index contributed by atoms with van der Waals surface area (Å²) in [6.07, 6.45) is 0.868. The third kappa shape index (κ3) is 1.34. The topological polar surface area (TPSA) is 79.2 Å². The number of hydrogen-bond acceptors (Lipinski definition) is 5. The van der Waals surface area contributed by atoms with Crippen molar-refractivity contribution in [2.24, 2.45) is 11.3 Å². The number of carbonyl (C=O) groups is 1. The monoisotopic (exact) mass is 281 g/mol. The van der Waals surface area contributed by atoms with Crippen LogP contribution in [0.2, 0.25) is 0 Å². The van der Waals surface area contributed by atoms with Gasteiger partial charge in [0.05, 0.1) is 31.1 Å². The lowest BCUT2D eigenvalue weighted by atomic mass is 9.62. The Kier molecular flexibility index (Phi) is 3.02. The molecule has 0 aromatic heterocycles. The number of allylic oxidation sites excluding steroid dienone is 1. The van der Waals surface area contributed by atoms with E-state index in [4.69, 9.17) is 9.57 Å². The Morgan fingerprint density at radius 2 is 2.25 bits per heavy atom. The number of carbonyl (C=O) groups excluding carboxylic acids is 1. The second-order valence-corrected chi connectivity index (χ2v) is 5.56. The van der Waals surface area contributed by atoms with Gasteiger partial charge >= 0.3 is 0 Å². The Morgan fingerprint density at radius 1 is 1.55 bits per heavy atom. The van der Waals surface area contributed by atoms with Gasteiger partial charge in [0.15, 0.2) is 0 Å². The quantitative estimate of drug-likeness (QED) is 0.695. The van der Waals surface area contributed by atoms with Gasteiger partial charge < -0.3 is 14.9 Å². The van der Waals surface area contributed by atoms with Crippen LogP contribution in [0, 0.1) is 11.3 Å². The first kappa shape index (κ1) is 13.8. The molecule has 0 aromatic carbocycles. The molecule has 20 heavy (non-hydrogen) atoms. The highest BCUT2D eigenvalue weighted by molar-refractivity contribution is 5.90. The highest BCUT2D eigenvalue weighted by Crippen LogP contribution is 2.59. The van der Waals surface area contributed by atoms with Crippen LogP contribution in [0.4, 0.5) is 0 Å². The highest BCUT2D eigenvalue weighted by Gasteiger charge is 2.74. The van der Waals surface area contributed by atoms with E-state index in [2.05, 4.69) is 6.58 Å². The zero-order valence-corrected chi connectivity index (χ0v) is 11.5. The van der Waals surface area contributed by atoms with Crippen molar-refractivity contribution in [2.45, 2.75) is 37.8 Å². The van der Waals surface area contributed by atoms with Crippen molar-refractivity contribution in [3.05, 3.63) is 24.4 Å². The molecule has 2 saturated heterocycles. The lowest BCUT2D eigenvalue weighted by molar-refractivity contribution is -0.182. The van der Waals surface area contributed by atoms with Gasteiger partial charge in [-0.2, -0.15) is 5.06 Å². The highest BCUT2D eigenvalue weighted by atomic mass is 16.7. The predicted molar refractivity (Wildman–Crippen MR) is 69.0 cm³/mol. The number of aliphatic hydroxyl groups is 2. The van der Waals surface area contributed by atoms with Crippen molar-refractivity contribution in [1.82, 2.24) is 5.06 Å². The molecule has 6 nitrogen and oxygen atoms in total. The largest absolute Gasteiger partial charge is 0.390 e. The number of nitrogens with zero attached hydrogens (tertiary/aromatic N) is 1. The van der Waals surface area contributed by atoms with Crippen LogP contribution in [0.3, 0.4) is 0 Å². The molecule has 3 fully saturated rings. The summed E-state index contributed by atoms with van der Waals surface area (Å²) in [5.74, 6) is -0.688. The minimum atomic E-state index is -1.23.